The Labute approximate surface area is 150 Å². The molecule has 0 fully saturated rings. The van der Waals surface area contributed by atoms with Gasteiger partial charge >= 0.3 is 0 Å². The highest BCUT2D eigenvalue weighted by Crippen LogP contribution is 2.38. The van der Waals surface area contributed by atoms with Crippen LogP contribution < -0.4 is 0 Å². The van der Waals surface area contributed by atoms with Crippen LogP contribution in [0.3, 0.4) is 0 Å². The number of nitrogens with zero attached hydrogens (tertiary/aromatic N) is 1. The zero-order chi connectivity index (χ0) is 18.5. The predicted octanol–water partition coefficient (Wildman–Crippen LogP) is 4.42. The van der Waals surface area contributed by atoms with Crippen LogP contribution in [0.1, 0.15) is 35.5 Å². The first-order valence-electron chi connectivity index (χ1n) is 8.45. The van der Waals surface area contributed by atoms with Crippen molar-refractivity contribution in [3.8, 4) is 5.75 Å². The Morgan fingerprint density at radius 1 is 1.19 bits per heavy atom. The van der Waals surface area contributed by atoms with Crippen molar-refractivity contribution in [2.75, 3.05) is 6.54 Å². The van der Waals surface area contributed by atoms with Gasteiger partial charge in [-0.25, -0.2) is 4.39 Å². The normalized spacial score (nSPS) is 15.7. The Morgan fingerprint density at radius 3 is 2.65 bits per heavy atom. The van der Waals surface area contributed by atoms with E-state index in [0.29, 0.717) is 12.1 Å². The number of nitrogens with one attached hydrogen (secondary N) is 1. The van der Waals surface area contributed by atoms with E-state index in [9.17, 15) is 14.3 Å². The number of benzene rings is 2. The van der Waals surface area contributed by atoms with Gasteiger partial charge in [0.1, 0.15) is 11.6 Å². The first-order chi connectivity index (χ1) is 12.3. The first-order valence-corrected chi connectivity index (χ1v) is 8.45. The van der Waals surface area contributed by atoms with Crippen LogP contribution in [-0.2, 0) is 5.41 Å². The van der Waals surface area contributed by atoms with E-state index in [1.54, 1.807) is 23.2 Å². The molecule has 0 saturated heterocycles. The van der Waals surface area contributed by atoms with Crippen LogP contribution in [0.25, 0.3) is 17.0 Å². The fourth-order valence-corrected chi connectivity index (χ4v) is 3.67. The lowest BCUT2D eigenvalue weighted by Crippen LogP contribution is -2.36. The summed E-state index contributed by atoms with van der Waals surface area (Å²) in [5, 5.41) is 10.8. The third-order valence-electron chi connectivity index (χ3n) is 4.83. The standard InChI is InChI=1S/C21H19FN2O2/c1-21(2)12-24(20(26)13-3-5-14(22)6-4-13)10-9-18-19(21)16-11-15(25)7-8-17(16)23-18/h3-11,23,25H,12H2,1-2H3. The number of hydrogen-bond donors (Lipinski definition) is 2. The van der Waals surface area contributed by atoms with E-state index in [2.05, 4.69) is 18.8 Å². The highest BCUT2D eigenvalue weighted by molar-refractivity contribution is 5.96. The minimum absolute atomic E-state index is 0.174. The molecule has 4 rings (SSSR count). The number of rotatable bonds is 1. The minimum atomic E-state index is -0.366. The topological polar surface area (TPSA) is 56.3 Å². The summed E-state index contributed by atoms with van der Waals surface area (Å²) in [4.78, 5) is 17.9. The lowest BCUT2D eigenvalue weighted by Gasteiger charge is -2.29. The second-order valence-electron chi connectivity index (χ2n) is 7.28. The van der Waals surface area contributed by atoms with Gasteiger partial charge in [0.2, 0.25) is 0 Å². The number of phenolic OH excluding ortho intramolecular Hbond substituents is 1. The number of aromatic nitrogens is 1. The van der Waals surface area contributed by atoms with E-state index < -0.39 is 0 Å². The van der Waals surface area contributed by atoms with Crippen molar-refractivity contribution >= 4 is 22.9 Å². The highest BCUT2D eigenvalue weighted by Gasteiger charge is 2.33. The van der Waals surface area contributed by atoms with Crippen LogP contribution in [0.5, 0.6) is 5.75 Å². The molecular weight excluding hydrogens is 331 g/mol. The van der Waals surface area contributed by atoms with Gasteiger partial charge < -0.3 is 15.0 Å². The average molecular weight is 350 g/mol. The average Bonchev–Trinajstić information content (AvgIpc) is 2.90. The molecule has 2 N–H and O–H groups in total. The number of amides is 1. The molecule has 2 heterocycles. The summed E-state index contributed by atoms with van der Waals surface area (Å²) >= 11 is 0. The molecule has 4 nitrogen and oxygen atoms in total. The molecule has 132 valence electrons. The number of halogens is 1. The Bertz CT molecular complexity index is 1030. The van der Waals surface area contributed by atoms with Crippen molar-refractivity contribution in [2.24, 2.45) is 0 Å². The van der Waals surface area contributed by atoms with Crippen LogP contribution in [-0.4, -0.2) is 27.4 Å². The zero-order valence-electron chi connectivity index (χ0n) is 14.6. The summed E-state index contributed by atoms with van der Waals surface area (Å²) in [6.45, 7) is 4.61. The molecule has 1 amide bonds. The van der Waals surface area contributed by atoms with Gasteiger partial charge in [-0.3, -0.25) is 4.79 Å². The molecule has 0 unspecified atom stereocenters. The van der Waals surface area contributed by atoms with Crippen molar-refractivity contribution in [3.63, 3.8) is 0 Å². The van der Waals surface area contributed by atoms with Gasteiger partial charge in [0.05, 0.1) is 0 Å². The number of carbonyl (C=O) groups is 1. The summed E-state index contributed by atoms with van der Waals surface area (Å²) in [5.41, 5.74) is 3.03. The Morgan fingerprint density at radius 2 is 1.92 bits per heavy atom. The van der Waals surface area contributed by atoms with Gasteiger partial charge in [-0.05, 0) is 54.1 Å². The molecule has 26 heavy (non-hydrogen) atoms. The van der Waals surface area contributed by atoms with Crippen LogP contribution in [0.4, 0.5) is 4.39 Å². The monoisotopic (exact) mass is 350 g/mol. The van der Waals surface area contributed by atoms with Crippen molar-refractivity contribution in [2.45, 2.75) is 19.3 Å². The van der Waals surface area contributed by atoms with Gasteiger partial charge in [0.15, 0.2) is 0 Å². The summed E-state index contributed by atoms with van der Waals surface area (Å²) < 4.78 is 13.1. The van der Waals surface area contributed by atoms with Crippen LogP contribution in [0.15, 0.2) is 48.7 Å². The molecule has 0 radical (unpaired) electrons. The van der Waals surface area contributed by atoms with E-state index in [0.717, 1.165) is 22.2 Å². The van der Waals surface area contributed by atoms with Gasteiger partial charge in [0, 0.05) is 40.3 Å². The van der Waals surface area contributed by atoms with Gasteiger partial charge in [-0.15, -0.1) is 0 Å². The van der Waals surface area contributed by atoms with Gasteiger partial charge in [-0.1, -0.05) is 13.8 Å². The Balaban J connectivity index is 1.76. The molecule has 1 aromatic heterocycles. The Hall–Kier alpha value is -3.08. The summed E-state index contributed by atoms with van der Waals surface area (Å²) in [6, 6.07) is 10.8. The quantitative estimate of drug-likeness (QED) is 0.683. The molecule has 0 atom stereocenters. The number of H-pyrrole nitrogens is 1. The second kappa shape index (κ2) is 5.73. The van der Waals surface area contributed by atoms with Crippen LogP contribution in [0, 0.1) is 5.82 Å². The van der Waals surface area contributed by atoms with Crippen LogP contribution >= 0.6 is 0 Å². The SMILES string of the molecule is CC1(C)CN(C(=O)c2ccc(F)cc2)C=Cc2[nH]c3ccc(O)cc3c21. The molecule has 0 aliphatic carbocycles. The largest absolute Gasteiger partial charge is 0.508 e. The Kier molecular flexibility index (Phi) is 3.61. The molecule has 0 bridgehead atoms. The maximum absolute atomic E-state index is 13.1. The number of fused-ring (bicyclic) bond motifs is 3. The minimum Gasteiger partial charge on any atom is -0.508 e. The fraction of sp³-hybridized carbons (Fsp3) is 0.190. The number of aromatic hydroxyl groups is 1. The summed E-state index contributed by atoms with van der Waals surface area (Å²) in [7, 11) is 0. The van der Waals surface area contributed by atoms with E-state index >= 15 is 0 Å². The molecule has 0 spiro atoms. The van der Waals surface area contributed by atoms with Crippen molar-refractivity contribution in [1.82, 2.24) is 9.88 Å². The smallest absolute Gasteiger partial charge is 0.257 e. The lowest BCUT2D eigenvalue weighted by molar-refractivity contribution is 0.0801. The van der Waals surface area contributed by atoms with E-state index in [-0.39, 0.29) is 22.9 Å². The molecule has 5 heteroatoms. The van der Waals surface area contributed by atoms with E-state index in [1.165, 1.54) is 24.3 Å². The molecule has 0 saturated carbocycles. The van der Waals surface area contributed by atoms with E-state index in [1.807, 2.05) is 12.1 Å². The van der Waals surface area contributed by atoms with Gasteiger partial charge in [0.25, 0.3) is 5.91 Å². The third-order valence-corrected chi connectivity index (χ3v) is 4.83. The molecule has 2 aromatic carbocycles. The number of phenols is 1. The zero-order valence-corrected chi connectivity index (χ0v) is 14.6. The number of carbonyl (C=O) groups excluding carboxylic acids is 1. The lowest BCUT2D eigenvalue weighted by atomic mass is 9.82. The van der Waals surface area contributed by atoms with Crippen molar-refractivity contribution < 1.29 is 14.3 Å². The van der Waals surface area contributed by atoms with Crippen molar-refractivity contribution in [1.29, 1.82) is 0 Å². The van der Waals surface area contributed by atoms with E-state index in [4.69, 9.17) is 0 Å². The summed E-state index contributed by atoms with van der Waals surface area (Å²) in [6.07, 6.45) is 3.64. The van der Waals surface area contributed by atoms with Gasteiger partial charge in [-0.2, -0.15) is 0 Å². The summed E-state index contributed by atoms with van der Waals surface area (Å²) in [5.74, 6) is -0.330. The maximum Gasteiger partial charge on any atom is 0.257 e. The highest BCUT2D eigenvalue weighted by atomic mass is 19.1. The molecule has 3 aromatic rings. The predicted molar refractivity (Wildman–Crippen MR) is 99.5 cm³/mol. The third kappa shape index (κ3) is 2.65. The molecule has 1 aliphatic rings. The second-order valence-corrected chi connectivity index (χ2v) is 7.28. The fourth-order valence-electron chi connectivity index (χ4n) is 3.67. The first kappa shape index (κ1) is 16.4. The van der Waals surface area contributed by atoms with Crippen molar-refractivity contribution in [3.05, 3.63) is 71.3 Å². The maximum atomic E-state index is 13.1. The van der Waals surface area contributed by atoms with Crippen LogP contribution in [0.2, 0.25) is 0 Å². The molecular formula is C21H19FN2O2. The molecule has 1 aliphatic heterocycles. The number of aromatic amines is 1. The number of hydrogen-bond acceptors (Lipinski definition) is 2.